The first-order valence-electron chi connectivity index (χ1n) is 6.82. The fourth-order valence-electron chi connectivity index (χ4n) is 2.36. The van der Waals surface area contributed by atoms with Crippen LogP contribution >= 0.6 is 0 Å². The molecule has 2 atom stereocenters. The van der Waals surface area contributed by atoms with E-state index in [1.54, 1.807) is 0 Å². The van der Waals surface area contributed by atoms with E-state index in [0.717, 1.165) is 51.6 Å². The van der Waals surface area contributed by atoms with Crippen molar-refractivity contribution < 1.29 is 14.2 Å². The normalized spacial score (nSPS) is 30.6. The second-order valence-corrected chi connectivity index (χ2v) is 5.07. The van der Waals surface area contributed by atoms with Crippen LogP contribution < -0.4 is 0 Å². The first-order chi connectivity index (χ1) is 8.36. The van der Waals surface area contributed by atoms with Gasteiger partial charge in [0.15, 0.2) is 6.29 Å². The summed E-state index contributed by atoms with van der Waals surface area (Å²) in [4.78, 5) is 0. The molecule has 17 heavy (non-hydrogen) atoms. The molecule has 2 unspecified atom stereocenters. The van der Waals surface area contributed by atoms with Crippen molar-refractivity contribution in [1.82, 2.24) is 0 Å². The highest BCUT2D eigenvalue weighted by atomic mass is 16.7. The Morgan fingerprint density at radius 2 is 1.94 bits per heavy atom. The summed E-state index contributed by atoms with van der Waals surface area (Å²) in [6.45, 7) is 5.59. The minimum absolute atomic E-state index is 0.0348. The van der Waals surface area contributed by atoms with Gasteiger partial charge in [0.2, 0.25) is 0 Å². The summed E-state index contributed by atoms with van der Waals surface area (Å²) in [6, 6.07) is 0. The predicted molar refractivity (Wildman–Crippen MR) is 66.8 cm³/mol. The monoisotopic (exact) mass is 240 g/mol. The molecule has 3 heteroatoms. The van der Waals surface area contributed by atoms with Crippen LogP contribution in [0.3, 0.4) is 0 Å². The predicted octanol–water partition coefficient (Wildman–Crippen LogP) is 2.76. The number of allylic oxidation sites excluding steroid dienone is 2. The fourth-order valence-corrected chi connectivity index (χ4v) is 2.36. The van der Waals surface area contributed by atoms with E-state index < -0.39 is 0 Å². The van der Waals surface area contributed by atoms with Crippen LogP contribution in [-0.2, 0) is 14.2 Å². The van der Waals surface area contributed by atoms with E-state index in [4.69, 9.17) is 14.2 Å². The van der Waals surface area contributed by atoms with Gasteiger partial charge in [0.25, 0.3) is 0 Å². The molecular weight excluding hydrogens is 216 g/mol. The van der Waals surface area contributed by atoms with Crippen molar-refractivity contribution in [3.05, 3.63) is 12.2 Å². The Balaban J connectivity index is 1.54. The molecule has 0 spiro atoms. The molecule has 1 aliphatic heterocycles. The zero-order valence-electron chi connectivity index (χ0n) is 10.8. The molecule has 0 aromatic heterocycles. The number of hydrogen-bond acceptors (Lipinski definition) is 3. The molecule has 98 valence electrons. The maximum Gasteiger partial charge on any atom is 0.159 e. The van der Waals surface area contributed by atoms with Gasteiger partial charge in [0.1, 0.15) is 0 Å². The Morgan fingerprint density at radius 3 is 2.71 bits per heavy atom. The average molecular weight is 240 g/mol. The Kier molecular flexibility index (Phi) is 5.49. The van der Waals surface area contributed by atoms with Gasteiger partial charge >= 0.3 is 0 Å². The summed E-state index contributed by atoms with van der Waals surface area (Å²) in [7, 11) is 0. The first-order valence-corrected chi connectivity index (χ1v) is 6.82. The van der Waals surface area contributed by atoms with Crippen molar-refractivity contribution >= 4 is 0 Å². The third kappa shape index (κ3) is 4.41. The molecule has 0 saturated carbocycles. The number of rotatable bonds is 5. The lowest BCUT2D eigenvalue weighted by atomic mass is 9.85. The van der Waals surface area contributed by atoms with E-state index in [1.165, 1.54) is 6.42 Å². The summed E-state index contributed by atoms with van der Waals surface area (Å²) < 4.78 is 16.7. The van der Waals surface area contributed by atoms with Crippen molar-refractivity contribution in [3.63, 3.8) is 0 Å². The number of ether oxygens (including phenoxy) is 3. The van der Waals surface area contributed by atoms with Crippen LogP contribution in [0.5, 0.6) is 0 Å². The van der Waals surface area contributed by atoms with E-state index in [1.807, 2.05) is 0 Å². The average Bonchev–Trinajstić information content (AvgIpc) is 2.38. The molecular formula is C14H24O3. The van der Waals surface area contributed by atoms with Crippen molar-refractivity contribution in [3.8, 4) is 0 Å². The van der Waals surface area contributed by atoms with E-state index >= 15 is 0 Å². The SMILES string of the molecule is CC1CC=CCC1COCCC1OCCCO1. The van der Waals surface area contributed by atoms with Gasteiger partial charge in [-0.05, 0) is 31.1 Å². The summed E-state index contributed by atoms with van der Waals surface area (Å²) in [6.07, 6.45) is 8.76. The lowest BCUT2D eigenvalue weighted by Crippen LogP contribution is -2.27. The Labute approximate surface area is 104 Å². The largest absolute Gasteiger partial charge is 0.381 e. The standard InChI is InChI=1S/C14H24O3/c1-12-5-2-3-6-13(12)11-15-10-7-14-16-8-4-9-17-14/h2-3,12-14H,4-11H2,1H3. The third-order valence-electron chi connectivity index (χ3n) is 3.64. The molecule has 0 amide bonds. The highest BCUT2D eigenvalue weighted by molar-refractivity contribution is 4.93. The van der Waals surface area contributed by atoms with Crippen LogP contribution in [0.25, 0.3) is 0 Å². The Hall–Kier alpha value is -0.380. The van der Waals surface area contributed by atoms with E-state index in [9.17, 15) is 0 Å². The molecule has 1 saturated heterocycles. The minimum Gasteiger partial charge on any atom is -0.381 e. The van der Waals surface area contributed by atoms with Gasteiger partial charge in [-0.25, -0.2) is 0 Å². The van der Waals surface area contributed by atoms with Gasteiger partial charge in [-0.3, -0.25) is 0 Å². The molecule has 0 radical (unpaired) electrons. The smallest absolute Gasteiger partial charge is 0.159 e. The summed E-state index contributed by atoms with van der Waals surface area (Å²) in [5.74, 6) is 1.44. The Morgan fingerprint density at radius 1 is 1.18 bits per heavy atom. The highest BCUT2D eigenvalue weighted by Crippen LogP contribution is 2.25. The molecule has 0 aromatic rings. The van der Waals surface area contributed by atoms with Crippen LogP contribution in [0.1, 0.15) is 32.6 Å². The lowest BCUT2D eigenvalue weighted by Gasteiger charge is -2.26. The summed E-state index contributed by atoms with van der Waals surface area (Å²) >= 11 is 0. The molecule has 2 rings (SSSR count). The van der Waals surface area contributed by atoms with Crippen LogP contribution in [-0.4, -0.2) is 32.7 Å². The number of hydrogen-bond donors (Lipinski definition) is 0. The second kappa shape index (κ2) is 7.14. The van der Waals surface area contributed by atoms with Gasteiger partial charge in [-0.15, -0.1) is 0 Å². The zero-order chi connectivity index (χ0) is 11.9. The van der Waals surface area contributed by atoms with Crippen molar-refractivity contribution in [1.29, 1.82) is 0 Å². The third-order valence-corrected chi connectivity index (χ3v) is 3.64. The van der Waals surface area contributed by atoms with Crippen LogP contribution in [0.4, 0.5) is 0 Å². The summed E-state index contributed by atoms with van der Waals surface area (Å²) in [5.41, 5.74) is 0. The molecule has 1 aliphatic carbocycles. The Bertz CT molecular complexity index is 234. The van der Waals surface area contributed by atoms with Crippen LogP contribution in [0.15, 0.2) is 12.2 Å². The molecule has 1 fully saturated rings. The van der Waals surface area contributed by atoms with Crippen molar-refractivity contribution in [2.75, 3.05) is 26.4 Å². The van der Waals surface area contributed by atoms with E-state index in [2.05, 4.69) is 19.1 Å². The van der Waals surface area contributed by atoms with Crippen molar-refractivity contribution in [2.24, 2.45) is 11.8 Å². The van der Waals surface area contributed by atoms with Crippen molar-refractivity contribution in [2.45, 2.75) is 38.9 Å². The zero-order valence-corrected chi connectivity index (χ0v) is 10.8. The topological polar surface area (TPSA) is 27.7 Å². The molecule has 0 bridgehead atoms. The van der Waals surface area contributed by atoms with E-state index in [-0.39, 0.29) is 6.29 Å². The van der Waals surface area contributed by atoms with Gasteiger partial charge in [-0.1, -0.05) is 19.1 Å². The molecule has 3 nitrogen and oxygen atoms in total. The first kappa shape index (κ1) is 13.1. The molecule has 0 N–H and O–H groups in total. The molecule has 1 heterocycles. The molecule has 0 aromatic carbocycles. The van der Waals surface area contributed by atoms with Gasteiger partial charge in [0.05, 0.1) is 19.8 Å². The lowest BCUT2D eigenvalue weighted by molar-refractivity contribution is -0.186. The van der Waals surface area contributed by atoms with Gasteiger partial charge in [0, 0.05) is 13.0 Å². The maximum absolute atomic E-state index is 5.75. The van der Waals surface area contributed by atoms with Gasteiger partial charge < -0.3 is 14.2 Å². The second-order valence-electron chi connectivity index (χ2n) is 5.07. The minimum atomic E-state index is -0.0348. The van der Waals surface area contributed by atoms with Crippen LogP contribution in [0, 0.1) is 11.8 Å². The maximum atomic E-state index is 5.75. The fraction of sp³-hybridized carbons (Fsp3) is 0.857. The quantitative estimate of drug-likeness (QED) is 0.546. The van der Waals surface area contributed by atoms with Gasteiger partial charge in [-0.2, -0.15) is 0 Å². The highest BCUT2D eigenvalue weighted by Gasteiger charge is 2.19. The molecule has 2 aliphatic rings. The van der Waals surface area contributed by atoms with E-state index in [0.29, 0.717) is 5.92 Å². The van der Waals surface area contributed by atoms with Crippen LogP contribution in [0.2, 0.25) is 0 Å². The summed E-state index contributed by atoms with van der Waals surface area (Å²) in [5, 5.41) is 0.